The average molecular weight is 285 g/mol. The van der Waals surface area contributed by atoms with Crippen molar-refractivity contribution in [3.8, 4) is 5.69 Å². The molecule has 4 heteroatoms. The minimum atomic E-state index is 0.176. The van der Waals surface area contributed by atoms with Crippen LogP contribution >= 0.6 is 0 Å². The van der Waals surface area contributed by atoms with Gasteiger partial charge in [-0.15, -0.1) is 0 Å². The third kappa shape index (κ3) is 3.01. The standard InChI is InChI=1S/C17H23N3O/c1-3-18-16(17(21-2)13-9-10-13)15-11-12-19-20(15)14-7-5-4-6-8-14/h4-8,11-13,16-18H,3,9-10H2,1-2H3. The van der Waals surface area contributed by atoms with E-state index in [9.17, 15) is 0 Å². The fourth-order valence-electron chi connectivity index (χ4n) is 2.97. The van der Waals surface area contributed by atoms with E-state index in [1.165, 1.54) is 18.5 Å². The van der Waals surface area contributed by atoms with Crippen molar-refractivity contribution >= 4 is 0 Å². The highest BCUT2D eigenvalue weighted by atomic mass is 16.5. The van der Waals surface area contributed by atoms with Crippen LogP contribution in [0.5, 0.6) is 0 Å². The van der Waals surface area contributed by atoms with Gasteiger partial charge in [-0.3, -0.25) is 0 Å². The molecule has 1 saturated carbocycles. The van der Waals surface area contributed by atoms with Gasteiger partial charge in [0.05, 0.1) is 23.5 Å². The number of methoxy groups -OCH3 is 1. The summed E-state index contributed by atoms with van der Waals surface area (Å²) in [6, 6.07) is 12.5. The largest absolute Gasteiger partial charge is 0.379 e. The Balaban J connectivity index is 1.94. The van der Waals surface area contributed by atoms with Crippen molar-refractivity contribution in [1.82, 2.24) is 15.1 Å². The molecule has 112 valence electrons. The first-order valence-electron chi connectivity index (χ1n) is 7.70. The number of hydrogen-bond donors (Lipinski definition) is 1. The molecule has 0 saturated heterocycles. The van der Waals surface area contributed by atoms with Crippen molar-refractivity contribution in [3.63, 3.8) is 0 Å². The minimum absolute atomic E-state index is 0.176. The summed E-state index contributed by atoms with van der Waals surface area (Å²) in [6.07, 6.45) is 4.61. The van der Waals surface area contributed by atoms with Crippen LogP contribution in [0.25, 0.3) is 5.69 Å². The second-order valence-corrected chi connectivity index (χ2v) is 5.58. The number of para-hydroxylation sites is 1. The lowest BCUT2D eigenvalue weighted by atomic mass is 10.0. The van der Waals surface area contributed by atoms with Gasteiger partial charge in [0.25, 0.3) is 0 Å². The number of rotatable bonds is 7. The van der Waals surface area contributed by atoms with E-state index in [-0.39, 0.29) is 12.1 Å². The second kappa shape index (κ2) is 6.41. The lowest BCUT2D eigenvalue weighted by Gasteiger charge is -2.27. The van der Waals surface area contributed by atoms with Gasteiger partial charge in [0, 0.05) is 13.3 Å². The molecule has 1 aliphatic rings. The van der Waals surface area contributed by atoms with E-state index < -0.39 is 0 Å². The summed E-state index contributed by atoms with van der Waals surface area (Å²) in [5, 5.41) is 8.09. The van der Waals surface area contributed by atoms with Gasteiger partial charge in [-0.25, -0.2) is 4.68 Å². The molecule has 1 heterocycles. The molecule has 1 N–H and O–H groups in total. The zero-order valence-corrected chi connectivity index (χ0v) is 12.7. The lowest BCUT2D eigenvalue weighted by molar-refractivity contribution is 0.0492. The summed E-state index contributed by atoms with van der Waals surface area (Å²) < 4.78 is 7.82. The molecule has 1 aromatic carbocycles. The number of nitrogens with zero attached hydrogens (tertiary/aromatic N) is 2. The van der Waals surface area contributed by atoms with Crippen molar-refractivity contribution in [2.45, 2.75) is 31.9 Å². The summed E-state index contributed by atoms with van der Waals surface area (Å²) >= 11 is 0. The van der Waals surface area contributed by atoms with E-state index in [4.69, 9.17) is 4.74 Å². The Morgan fingerprint density at radius 3 is 2.67 bits per heavy atom. The van der Waals surface area contributed by atoms with E-state index in [1.807, 2.05) is 36.2 Å². The molecule has 4 nitrogen and oxygen atoms in total. The van der Waals surface area contributed by atoms with Crippen LogP contribution in [-0.2, 0) is 4.74 Å². The van der Waals surface area contributed by atoms with Gasteiger partial charge in [-0.1, -0.05) is 25.1 Å². The quantitative estimate of drug-likeness (QED) is 0.850. The molecule has 21 heavy (non-hydrogen) atoms. The first kappa shape index (κ1) is 14.3. The van der Waals surface area contributed by atoms with E-state index in [0.29, 0.717) is 5.92 Å². The predicted molar refractivity (Wildman–Crippen MR) is 83.5 cm³/mol. The maximum atomic E-state index is 5.80. The highest BCUT2D eigenvalue weighted by molar-refractivity contribution is 5.33. The molecule has 2 atom stereocenters. The molecule has 0 bridgehead atoms. The lowest BCUT2D eigenvalue weighted by Crippen LogP contribution is -2.36. The highest BCUT2D eigenvalue weighted by Crippen LogP contribution is 2.40. The fraction of sp³-hybridized carbons (Fsp3) is 0.471. The molecule has 1 aromatic heterocycles. The molecular formula is C17H23N3O. The monoisotopic (exact) mass is 285 g/mol. The molecule has 1 fully saturated rings. The third-order valence-electron chi connectivity index (χ3n) is 4.10. The summed E-state index contributed by atoms with van der Waals surface area (Å²) in [6.45, 7) is 3.05. The topological polar surface area (TPSA) is 39.1 Å². The van der Waals surface area contributed by atoms with Crippen LogP contribution in [0.3, 0.4) is 0 Å². The summed E-state index contributed by atoms with van der Waals surface area (Å²) in [4.78, 5) is 0. The van der Waals surface area contributed by atoms with Crippen LogP contribution in [0, 0.1) is 5.92 Å². The Morgan fingerprint density at radius 1 is 1.29 bits per heavy atom. The molecule has 3 rings (SSSR count). The van der Waals surface area contributed by atoms with Crippen molar-refractivity contribution in [3.05, 3.63) is 48.3 Å². The third-order valence-corrected chi connectivity index (χ3v) is 4.10. The Bertz CT molecular complexity index is 562. The maximum Gasteiger partial charge on any atom is 0.0809 e. The van der Waals surface area contributed by atoms with Crippen molar-refractivity contribution < 1.29 is 4.74 Å². The zero-order valence-electron chi connectivity index (χ0n) is 12.7. The van der Waals surface area contributed by atoms with Crippen LogP contribution in [-0.4, -0.2) is 29.5 Å². The number of benzene rings is 1. The Hall–Kier alpha value is -1.65. The number of hydrogen-bond acceptors (Lipinski definition) is 3. The molecule has 0 amide bonds. The van der Waals surface area contributed by atoms with Gasteiger partial charge in [-0.2, -0.15) is 5.10 Å². The van der Waals surface area contributed by atoms with Gasteiger partial charge in [-0.05, 0) is 43.5 Å². The van der Waals surface area contributed by atoms with E-state index in [2.05, 4.69) is 35.5 Å². The van der Waals surface area contributed by atoms with Crippen LogP contribution in [0.2, 0.25) is 0 Å². The first-order valence-corrected chi connectivity index (χ1v) is 7.70. The molecule has 2 unspecified atom stereocenters. The molecular weight excluding hydrogens is 262 g/mol. The van der Waals surface area contributed by atoms with E-state index in [1.54, 1.807) is 0 Å². The normalized spacial score (nSPS) is 17.6. The predicted octanol–water partition coefficient (Wildman–Crippen LogP) is 2.95. The first-order chi connectivity index (χ1) is 10.3. The Kier molecular flexibility index (Phi) is 4.36. The van der Waals surface area contributed by atoms with Gasteiger partial charge in [0.1, 0.15) is 0 Å². The van der Waals surface area contributed by atoms with E-state index in [0.717, 1.165) is 12.2 Å². The van der Waals surface area contributed by atoms with Crippen LogP contribution < -0.4 is 5.32 Å². The molecule has 0 aliphatic heterocycles. The number of likely N-dealkylation sites (N-methyl/N-ethyl adjacent to an activating group) is 1. The maximum absolute atomic E-state index is 5.80. The van der Waals surface area contributed by atoms with Gasteiger partial charge in [0.15, 0.2) is 0 Å². The smallest absolute Gasteiger partial charge is 0.0809 e. The number of nitrogens with one attached hydrogen (secondary N) is 1. The highest BCUT2D eigenvalue weighted by Gasteiger charge is 2.38. The average Bonchev–Trinajstić information content (AvgIpc) is 3.24. The minimum Gasteiger partial charge on any atom is -0.379 e. The number of aromatic nitrogens is 2. The van der Waals surface area contributed by atoms with Crippen molar-refractivity contribution in [2.24, 2.45) is 5.92 Å². The van der Waals surface area contributed by atoms with Gasteiger partial charge >= 0.3 is 0 Å². The number of ether oxygens (including phenoxy) is 1. The molecule has 2 aromatic rings. The second-order valence-electron chi connectivity index (χ2n) is 5.58. The molecule has 0 spiro atoms. The Morgan fingerprint density at radius 2 is 2.05 bits per heavy atom. The summed E-state index contributed by atoms with van der Waals surface area (Å²) in [5.41, 5.74) is 2.26. The fourth-order valence-corrected chi connectivity index (χ4v) is 2.97. The molecule has 1 aliphatic carbocycles. The Labute approximate surface area is 126 Å². The summed E-state index contributed by atoms with van der Waals surface area (Å²) in [5.74, 6) is 0.665. The summed E-state index contributed by atoms with van der Waals surface area (Å²) in [7, 11) is 1.82. The van der Waals surface area contributed by atoms with Crippen molar-refractivity contribution in [2.75, 3.05) is 13.7 Å². The SMILES string of the molecule is CCNC(c1ccnn1-c1ccccc1)C(OC)C1CC1. The molecule has 0 radical (unpaired) electrons. The van der Waals surface area contributed by atoms with Crippen LogP contribution in [0.15, 0.2) is 42.6 Å². The van der Waals surface area contributed by atoms with Gasteiger partial charge < -0.3 is 10.1 Å². The van der Waals surface area contributed by atoms with Crippen LogP contribution in [0.4, 0.5) is 0 Å². The van der Waals surface area contributed by atoms with Gasteiger partial charge in [0.2, 0.25) is 0 Å². The van der Waals surface area contributed by atoms with Crippen LogP contribution in [0.1, 0.15) is 31.5 Å². The van der Waals surface area contributed by atoms with E-state index >= 15 is 0 Å². The van der Waals surface area contributed by atoms with Crippen molar-refractivity contribution in [1.29, 1.82) is 0 Å². The zero-order chi connectivity index (χ0) is 14.7.